The Morgan fingerprint density at radius 3 is 2.35 bits per heavy atom. The van der Waals surface area contributed by atoms with Crippen molar-refractivity contribution in [1.29, 1.82) is 0 Å². The van der Waals surface area contributed by atoms with E-state index in [9.17, 15) is 17.6 Å². The number of carbonyl (C=O) groups is 1. The maximum absolute atomic E-state index is 14.1. The molecule has 1 aliphatic heterocycles. The number of halogens is 1. The molecule has 3 rings (SSSR count). The van der Waals surface area contributed by atoms with Gasteiger partial charge in [0.05, 0.1) is 17.1 Å². The Hall–Kier alpha value is -2.21. The van der Waals surface area contributed by atoms with E-state index in [1.807, 2.05) is 24.3 Å². The van der Waals surface area contributed by atoms with Crippen LogP contribution in [0.5, 0.6) is 0 Å². The first-order valence-electron chi connectivity index (χ1n) is 8.73. The van der Waals surface area contributed by atoms with Crippen molar-refractivity contribution in [2.45, 2.75) is 32.4 Å². The SMILES string of the molecule is CCc1ccc(CN(C(=O)c2ccccc2F)[C@@H]2CCS(=O)(=O)C2)cc1. The highest BCUT2D eigenvalue weighted by molar-refractivity contribution is 7.91. The number of aryl methyl sites for hydroxylation is 1. The molecule has 2 aromatic rings. The molecule has 1 heterocycles. The molecule has 26 heavy (non-hydrogen) atoms. The highest BCUT2D eigenvalue weighted by Gasteiger charge is 2.35. The number of carbonyl (C=O) groups excluding carboxylic acids is 1. The number of benzene rings is 2. The van der Waals surface area contributed by atoms with E-state index in [2.05, 4.69) is 6.92 Å². The van der Waals surface area contributed by atoms with Crippen LogP contribution in [0.1, 0.15) is 34.8 Å². The van der Waals surface area contributed by atoms with Gasteiger partial charge < -0.3 is 4.90 Å². The van der Waals surface area contributed by atoms with Gasteiger partial charge in [0.2, 0.25) is 0 Å². The second kappa shape index (κ2) is 7.58. The monoisotopic (exact) mass is 375 g/mol. The van der Waals surface area contributed by atoms with Crippen LogP contribution in [0.15, 0.2) is 48.5 Å². The van der Waals surface area contributed by atoms with Crippen molar-refractivity contribution < 1.29 is 17.6 Å². The summed E-state index contributed by atoms with van der Waals surface area (Å²) in [4.78, 5) is 14.5. The van der Waals surface area contributed by atoms with Crippen molar-refractivity contribution in [3.63, 3.8) is 0 Å². The number of nitrogens with zero attached hydrogens (tertiary/aromatic N) is 1. The fraction of sp³-hybridized carbons (Fsp3) is 0.350. The zero-order valence-corrected chi connectivity index (χ0v) is 15.5. The van der Waals surface area contributed by atoms with Gasteiger partial charge in [-0.05, 0) is 36.1 Å². The van der Waals surface area contributed by atoms with Gasteiger partial charge in [0.15, 0.2) is 9.84 Å². The Labute approximate surface area is 153 Å². The van der Waals surface area contributed by atoms with Crippen molar-refractivity contribution in [3.05, 3.63) is 71.0 Å². The minimum atomic E-state index is -3.16. The fourth-order valence-electron chi connectivity index (χ4n) is 3.25. The molecule has 0 aliphatic carbocycles. The number of amides is 1. The molecule has 0 N–H and O–H groups in total. The van der Waals surface area contributed by atoms with Gasteiger partial charge in [-0.3, -0.25) is 4.79 Å². The summed E-state index contributed by atoms with van der Waals surface area (Å²) in [6.45, 7) is 2.32. The maximum atomic E-state index is 14.1. The summed E-state index contributed by atoms with van der Waals surface area (Å²) in [5.41, 5.74) is 2.06. The van der Waals surface area contributed by atoms with Crippen LogP contribution in [0.3, 0.4) is 0 Å². The largest absolute Gasteiger partial charge is 0.330 e. The van der Waals surface area contributed by atoms with E-state index in [1.165, 1.54) is 28.7 Å². The van der Waals surface area contributed by atoms with E-state index >= 15 is 0 Å². The van der Waals surface area contributed by atoms with Gasteiger partial charge in [-0.25, -0.2) is 12.8 Å². The summed E-state index contributed by atoms with van der Waals surface area (Å²) in [5.74, 6) is -1.07. The number of hydrogen-bond acceptors (Lipinski definition) is 3. The third-order valence-electron chi connectivity index (χ3n) is 4.80. The van der Waals surface area contributed by atoms with E-state index in [0.717, 1.165) is 12.0 Å². The quantitative estimate of drug-likeness (QED) is 0.806. The second-order valence-corrected chi connectivity index (χ2v) is 8.87. The van der Waals surface area contributed by atoms with E-state index < -0.39 is 27.6 Å². The number of sulfone groups is 1. The molecule has 0 saturated carbocycles. The smallest absolute Gasteiger partial charge is 0.257 e. The van der Waals surface area contributed by atoms with Gasteiger partial charge in [0.25, 0.3) is 5.91 Å². The minimum Gasteiger partial charge on any atom is -0.330 e. The first kappa shape index (κ1) is 18.6. The van der Waals surface area contributed by atoms with Crippen molar-refractivity contribution in [3.8, 4) is 0 Å². The molecular weight excluding hydrogens is 353 g/mol. The fourth-order valence-corrected chi connectivity index (χ4v) is 4.99. The van der Waals surface area contributed by atoms with Crippen LogP contribution in [0, 0.1) is 5.82 Å². The molecule has 1 saturated heterocycles. The summed E-state index contributed by atoms with van der Waals surface area (Å²) in [6, 6.07) is 13.2. The van der Waals surface area contributed by atoms with Crippen LogP contribution in [-0.4, -0.2) is 36.8 Å². The van der Waals surface area contributed by atoms with Crippen molar-refractivity contribution in [2.75, 3.05) is 11.5 Å². The molecule has 0 radical (unpaired) electrons. The van der Waals surface area contributed by atoms with Gasteiger partial charge in [-0.15, -0.1) is 0 Å². The van der Waals surface area contributed by atoms with Crippen molar-refractivity contribution >= 4 is 15.7 Å². The predicted octanol–water partition coefficient (Wildman–Crippen LogP) is 3.22. The Kier molecular flexibility index (Phi) is 5.41. The zero-order chi connectivity index (χ0) is 18.7. The Bertz CT molecular complexity index is 894. The molecule has 4 nitrogen and oxygen atoms in total. The molecule has 6 heteroatoms. The van der Waals surface area contributed by atoms with Gasteiger partial charge >= 0.3 is 0 Å². The molecule has 0 spiro atoms. The van der Waals surface area contributed by atoms with Crippen LogP contribution in [-0.2, 0) is 22.8 Å². The molecule has 0 unspecified atom stereocenters. The molecule has 0 aromatic heterocycles. The minimum absolute atomic E-state index is 0.0259. The first-order valence-corrected chi connectivity index (χ1v) is 10.6. The lowest BCUT2D eigenvalue weighted by molar-refractivity contribution is 0.0676. The Morgan fingerprint density at radius 2 is 1.77 bits per heavy atom. The maximum Gasteiger partial charge on any atom is 0.257 e. The average Bonchev–Trinajstić information content (AvgIpc) is 2.99. The predicted molar refractivity (Wildman–Crippen MR) is 99.2 cm³/mol. The van der Waals surface area contributed by atoms with Crippen LogP contribution >= 0.6 is 0 Å². The van der Waals surface area contributed by atoms with Crippen LogP contribution < -0.4 is 0 Å². The van der Waals surface area contributed by atoms with E-state index in [4.69, 9.17) is 0 Å². The van der Waals surface area contributed by atoms with Gasteiger partial charge in [-0.2, -0.15) is 0 Å². The second-order valence-electron chi connectivity index (χ2n) is 6.64. The third kappa shape index (κ3) is 4.12. The van der Waals surface area contributed by atoms with Crippen LogP contribution in [0.4, 0.5) is 4.39 Å². The van der Waals surface area contributed by atoms with Gasteiger partial charge in [0.1, 0.15) is 5.82 Å². The summed E-state index contributed by atoms with van der Waals surface area (Å²) in [7, 11) is -3.16. The third-order valence-corrected chi connectivity index (χ3v) is 6.55. The first-order chi connectivity index (χ1) is 12.4. The lowest BCUT2D eigenvalue weighted by Gasteiger charge is -2.28. The lowest BCUT2D eigenvalue weighted by Crippen LogP contribution is -2.41. The Balaban J connectivity index is 1.91. The highest BCUT2D eigenvalue weighted by atomic mass is 32.2. The molecule has 1 amide bonds. The standard InChI is InChI=1S/C20H22FNO3S/c1-2-15-7-9-16(10-8-15)13-22(17-11-12-26(24,25)14-17)20(23)18-5-3-4-6-19(18)21/h3-10,17H,2,11-14H2,1H3/t17-/m1/s1. The van der Waals surface area contributed by atoms with E-state index in [-0.39, 0.29) is 23.6 Å². The zero-order valence-electron chi connectivity index (χ0n) is 14.7. The molecular formula is C20H22FNO3S. The summed E-state index contributed by atoms with van der Waals surface area (Å²) in [5, 5.41) is 0. The molecule has 2 aromatic carbocycles. The van der Waals surface area contributed by atoms with Crippen LogP contribution in [0.25, 0.3) is 0 Å². The van der Waals surface area contributed by atoms with E-state index in [0.29, 0.717) is 6.42 Å². The summed E-state index contributed by atoms with van der Waals surface area (Å²) in [6.07, 6.45) is 1.30. The molecule has 1 atom stereocenters. The topological polar surface area (TPSA) is 54.5 Å². The average molecular weight is 375 g/mol. The number of hydrogen-bond donors (Lipinski definition) is 0. The summed E-state index contributed by atoms with van der Waals surface area (Å²) < 4.78 is 37.9. The Morgan fingerprint density at radius 1 is 1.12 bits per heavy atom. The lowest BCUT2D eigenvalue weighted by atomic mass is 10.1. The van der Waals surface area contributed by atoms with Crippen molar-refractivity contribution in [1.82, 2.24) is 4.90 Å². The molecule has 138 valence electrons. The number of rotatable bonds is 5. The van der Waals surface area contributed by atoms with Crippen LogP contribution in [0.2, 0.25) is 0 Å². The highest BCUT2D eigenvalue weighted by Crippen LogP contribution is 2.23. The van der Waals surface area contributed by atoms with Crippen molar-refractivity contribution in [2.24, 2.45) is 0 Å². The van der Waals surface area contributed by atoms with E-state index in [1.54, 1.807) is 6.07 Å². The molecule has 0 bridgehead atoms. The normalized spacial score (nSPS) is 18.6. The van der Waals surface area contributed by atoms with Gasteiger partial charge in [-0.1, -0.05) is 43.3 Å². The molecule has 1 aliphatic rings. The molecule has 1 fully saturated rings. The summed E-state index contributed by atoms with van der Waals surface area (Å²) >= 11 is 0. The van der Waals surface area contributed by atoms with Gasteiger partial charge in [0, 0.05) is 12.6 Å².